The lowest BCUT2D eigenvalue weighted by molar-refractivity contribution is -0.128. The molecule has 26 heavy (non-hydrogen) atoms. The van der Waals surface area contributed by atoms with Gasteiger partial charge in [-0.2, -0.15) is 0 Å². The van der Waals surface area contributed by atoms with Crippen molar-refractivity contribution >= 4 is 11.8 Å². The zero-order valence-electron chi connectivity index (χ0n) is 14.8. The summed E-state index contributed by atoms with van der Waals surface area (Å²) in [5.41, 5.74) is 1.03. The molecule has 1 heterocycles. The van der Waals surface area contributed by atoms with Crippen molar-refractivity contribution in [1.82, 2.24) is 10.6 Å². The van der Waals surface area contributed by atoms with Gasteiger partial charge in [-0.1, -0.05) is 42.5 Å². The van der Waals surface area contributed by atoms with E-state index in [2.05, 4.69) is 10.6 Å². The van der Waals surface area contributed by atoms with Crippen LogP contribution in [-0.2, 0) is 20.9 Å². The van der Waals surface area contributed by atoms with E-state index >= 15 is 0 Å². The molecule has 1 aromatic carbocycles. The fraction of sp³-hybridized carbons (Fsp3) is 0.500. The fourth-order valence-corrected chi connectivity index (χ4v) is 3.02. The maximum Gasteiger partial charge on any atom is 0.223 e. The van der Waals surface area contributed by atoms with Gasteiger partial charge in [-0.3, -0.25) is 9.59 Å². The molecule has 6 heteroatoms. The lowest BCUT2D eigenvalue weighted by Gasteiger charge is -2.31. The lowest BCUT2D eigenvalue weighted by atomic mass is 10.0. The third-order valence-corrected chi connectivity index (χ3v) is 4.68. The van der Waals surface area contributed by atoms with Crippen molar-refractivity contribution in [3.63, 3.8) is 0 Å². The average molecular weight is 358 g/mol. The van der Waals surface area contributed by atoms with Crippen LogP contribution in [0.15, 0.2) is 42.5 Å². The van der Waals surface area contributed by atoms with Gasteiger partial charge in [0, 0.05) is 13.0 Å². The van der Waals surface area contributed by atoms with Crippen LogP contribution in [-0.4, -0.2) is 41.8 Å². The average Bonchev–Trinajstić information content (AvgIpc) is 3.46. The third-order valence-electron chi connectivity index (χ3n) is 4.68. The Hall–Kier alpha value is -2.18. The second-order valence-electron chi connectivity index (χ2n) is 6.99. The Morgan fingerprint density at radius 1 is 1.08 bits per heavy atom. The van der Waals surface area contributed by atoms with Crippen molar-refractivity contribution in [2.24, 2.45) is 5.92 Å². The van der Waals surface area contributed by atoms with Gasteiger partial charge in [0.25, 0.3) is 0 Å². The molecule has 0 saturated heterocycles. The van der Waals surface area contributed by atoms with E-state index in [-0.39, 0.29) is 30.9 Å². The van der Waals surface area contributed by atoms with Crippen molar-refractivity contribution < 1.29 is 19.4 Å². The van der Waals surface area contributed by atoms with E-state index in [0.29, 0.717) is 18.9 Å². The molecule has 1 aliphatic heterocycles. The Bertz CT molecular complexity index is 642. The number of carbonyl (C=O) groups is 2. The standard InChI is InChI=1S/C20H26N2O4/c23-13-18-17(22-20(25)10-14-6-7-14)9-8-16(26-18)11-19(24)21-12-15-4-2-1-3-5-15/h1-5,8-9,14,16-18,23H,6-7,10-13H2,(H,21,24)(H,22,25)/t16-,17-,18-/m1/s1. The van der Waals surface area contributed by atoms with Gasteiger partial charge in [0.05, 0.1) is 25.2 Å². The molecule has 0 aromatic heterocycles. The van der Waals surface area contributed by atoms with Gasteiger partial charge in [-0.15, -0.1) is 0 Å². The molecule has 140 valence electrons. The van der Waals surface area contributed by atoms with Crippen molar-refractivity contribution in [2.45, 2.75) is 50.5 Å². The van der Waals surface area contributed by atoms with Crippen molar-refractivity contribution in [3.05, 3.63) is 48.0 Å². The van der Waals surface area contributed by atoms with Gasteiger partial charge < -0.3 is 20.5 Å². The van der Waals surface area contributed by atoms with E-state index in [1.54, 1.807) is 6.08 Å². The normalized spacial score (nSPS) is 24.9. The molecule has 2 amide bonds. The smallest absolute Gasteiger partial charge is 0.223 e. The molecule has 1 aromatic rings. The minimum Gasteiger partial charge on any atom is -0.394 e. The Labute approximate surface area is 153 Å². The largest absolute Gasteiger partial charge is 0.394 e. The first-order valence-electron chi connectivity index (χ1n) is 9.18. The van der Waals surface area contributed by atoms with E-state index in [1.807, 2.05) is 36.4 Å². The predicted molar refractivity (Wildman–Crippen MR) is 97.1 cm³/mol. The summed E-state index contributed by atoms with van der Waals surface area (Å²) in [5, 5.41) is 15.3. The second-order valence-corrected chi connectivity index (χ2v) is 6.99. The summed E-state index contributed by atoms with van der Waals surface area (Å²) in [7, 11) is 0. The zero-order chi connectivity index (χ0) is 18.4. The van der Waals surface area contributed by atoms with Crippen LogP contribution < -0.4 is 10.6 Å². The minimum atomic E-state index is -0.532. The van der Waals surface area contributed by atoms with Gasteiger partial charge in [0.2, 0.25) is 11.8 Å². The van der Waals surface area contributed by atoms with Crippen LogP contribution in [0, 0.1) is 5.92 Å². The van der Waals surface area contributed by atoms with Crippen LogP contribution in [0.1, 0.15) is 31.2 Å². The molecule has 3 N–H and O–H groups in total. The van der Waals surface area contributed by atoms with Gasteiger partial charge in [-0.25, -0.2) is 0 Å². The molecule has 6 nitrogen and oxygen atoms in total. The first kappa shape index (κ1) is 18.6. The Balaban J connectivity index is 1.45. The summed E-state index contributed by atoms with van der Waals surface area (Å²) in [6, 6.07) is 9.34. The molecule has 0 radical (unpaired) electrons. The molecule has 0 unspecified atom stereocenters. The molecule has 1 fully saturated rings. The summed E-state index contributed by atoms with van der Waals surface area (Å²) < 4.78 is 5.78. The number of benzene rings is 1. The van der Waals surface area contributed by atoms with Crippen LogP contribution in [0.2, 0.25) is 0 Å². The van der Waals surface area contributed by atoms with Gasteiger partial charge >= 0.3 is 0 Å². The van der Waals surface area contributed by atoms with Crippen LogP contribution in [0.3, 0.4) is 0 Å². The molecule has 3 rings (SSSR count). The lowest BCUT2D eigenvalue weighted by Crippen LogP contribution is -2.49. The number of hydrogen-bond donors (Lipinski definition) is 3. The number of aliphatic hydroxyl groups is 1. The summed E-state index contributed by atoms with van der Waals surface area (Å²) in [6.45, 7) is 0.264. The highest BCUT2D eigenvalue weighted by Gasteiger charge is 2.31. The second kappa shape index (κ2) is 8.96. The number of ether oxygens (including phenoxy) is 1. The summed E-state index contributed by atoms with van der Waals surface area (Å²) in [6.07, 6.45) is 5.63. The summed E-state index contributed by atoms with van der Waals surface area (Å²) in [5.74, 6) is 0.386. The minimum absolute atomic E-state index is 0.0109. The molecule has 0 bridgehead atoms. The van der Waals surface area contributed by atoms with Crippen LogP contribution >= 0.6 is 0 Å². The molecule has 3 atom stereocenters. The van der Waals surface area contributed by atoms with Gasteiger partial charge in [0.15, 0.2) is 0 Å². The summed E-state index contributed by atoms with van der Waals surface area (Å²) in [4.78, 5) is 24.1. The van der Waals surface area contributed by atoms with Crippen molar-refractivity contribution in [2.75, 3.05) is 6.61 Å². The Morgan fingerprint density at radius 3 is 2.54 bits per heavy atom. The highest BCUT2D eigenvalue weighted by Crippen LogP contribution is 2.32. The molecular weight excluding hydrogens is 332 g/mol. The molecule has 0 spiro atoms. The number of aliphatic hydroxyl groups excluding tert-OH is 1. The third kappa shape index (κ3) is 5.68. The Kier molecular flexibility index (Phi) is 6.41. The van der Waals surface area contributed by atoms with Gasteiger partial charge in [0.1, 0.15) is 6.10 Å². The molecule has 1 aliphatic carbocycles. The summed E-state index contributed by atoms with van der Waals surface area (Å²) >= 11 is 0. The first-order valence-corrected chi connectivity index (χ1v) is 9.18. The fourth-order valence-electron chi connectivity index (χ4n) is 3.02. The zero-order valence-corrected chi connectivity index (χ0v) is 14.8. The topological polar surface area (TPSA) is 87.7 Å². The van der Waals surface area contributed by atoms with Crippen LogP contribution in [0.4, 0.5) is 0 Å². The van der Waals surface area contributed by atoms with Crippen molar-refractivity contribution in [1.29, 1.82) is 0 Å². The van der Waals surface area contributed by atoms with Crippen molar-refractivity contribution in [3.8, 4) is 0 Å². The number of carbonyl (C=O) groups excluding carboxylic acids is 2. The maximum absolute atomic E-state index is 12.1. The van der Waals surface area contributed by atoms with E-state index < -0.39 is 12.2 Å². The van der Waals surface area contributed by atoms with E-state index in [4.69, 9.17) is 4.74 Å². The van der Waals surface area contributed by atoms with Gasteiger partial charge in [-0.05, 0) is 24.3 Å². The van der Waals surface area contributed by atoms with E-state index in [9.17, 15) is 14.7 Å². The van der Waals surface area contributed by atoms with Crippen LogP contribution in [0.25, 0.3) is 0 Å². The predicted octanol–water partition coefficient (Wildman–Crippen LogP) is 1.29. The molecule has 2 aliphatic rings. The van der Waals surface area contributed by atoms with E-state index in [1.165, 1.54) is 0 Å². The monoisotopic (exact) mass is 358 g/mol. The highest BCUT2D eigenvalue weighted by atomic mass is 16.5. The number of amides is 2. The first-order chi connectivity index (χ1) is 12.6. The molecular formula is C20H26N2O4. The number of hydrogen-bond acceptors (Lipinski definition) is 4. The maximum atomic E-state index is 12.1. The Morgan fingerprint density at radius 2 is 1.85 bits per heavy atom. The van der Waals surface area contributed by atoms with Crippen LogP contribution in [0.5, 0.6) is 0 Å². The SMILES string of the molecule is O=C(C[C@H]1C=C[C@@H](NC(=O)CC2CC2)[C@@H](CO)O1)NCc1ccccc1. The quantitative estimate of drug-likeness (QED) is 0.611. The van der Waals surface area contributed by atoms with E-state index in [0.717, 1.165) is 18.4 Å². The highest BCUT2D eigenvalue weighted by molar-refractivity contribution is 5.77. The molecule has 1 saturated carbocycles. The number of rotatable bonds is 8. The number of nitrogens with one attached hydrogen (secondary N) is 2.